The number of anilines is 1. The second-order valence-corrected chi connectivity index (χ2v) is 3.42. The van der Waals surface area contributed by atoms with Crippen LogP contribution in [0.25, 0.3) is 16.8 Å². The molecule has 3 heterocycles. The van der Waals surface area contributed by atoms with Crippen molar-refractivity contribution in [1.82, 2.24) is 19.6 Å². The van der Waals surface area contributed by atoms with E-state index in [1.807, 2.05) is 24.4 Å². The molecule has 3 aromatic rings. The molecule has 0 fully saturated rings. The Bertz CT molecular complexity index is 643. The first-order valence-electron chi connectivity index (χ1n) is 4.85. The normalized spacial score (nSPS) is 10.8. The Morgan fingerprint density at radius 1 is 1.19 bits per heavy atom. The molecule has 0 saturated carbocycles. The van der Waals surface area contributed by atoms with Crippen LogP contribution in [0.3, 0.4) is 0 Å². The van der Waals surface area contributed by atoms with Crippen LogP contribution in [-0.2, 0) is 0 Å². The van der Waals surface area contributed by atoms with Crippen molar-refractivity contribution in [3.8, 4) is 11.1 Å². The summed E-state index contributed by atoms with van der Waals surface area (Å²) in [7, 11) is 0. The SMILES string of the molecule is Nc1cc(-c2cnn3cccnc23)ccn1. The standard InChI is InChI=1S/C11H9N5/c12-10-6-8(2-4-13-10)9-7-15-16-5-1-3-14-11(9)16/h1-7H,(H2,12,13). The highest BCUT2D eigenvalue weighted by molar-refractivity contribution is 5.77. The van der Waals surface area contributed by atoms with Gasteiger partial charge in [-0.25, -0.2) is 14.5 Å². The average molecular weight is 211 g/mol. The Balaban J connectivity index is 2.26. The van der Waals surface area contributed by atoms with E-state index in [0.717, 1.165) is 16.8 Å². The summed E-state index contributed by atoms with van der Waals surface area (Å²) in [5.41, 5.74) is 8.39. The van der Waals surface area contributed by atoms with Gasteiger partial charge in [0.1, 0.15) is 5.82 Å². The van der Waals surface area contributed by atoms with Crippen molar-refractivity contribution in [2.75, 3.05) is 5.73 Å². The molecule has 3 aromatic heterocycles. The largest absolute Gasteiger partial charge is 0.384 e. The zero-order chi connectivity index (χ0) is 11.0. The van der Waals surface area contributed by atoms with E-state index in [0.29, 0.717) is 5.82 Å². The monoisotopic (exact) mass is 211 g/mol. The number of hydrogen-bond donors (Lipinski definition) is 1. The predicted octanol–water partition coefficient (Wildman–Crippen LogP) is 1.37. The third-order valence-corrected chi connectivity index (χ3v) is 2.37. The zero-order valence-corrected chi connectivity index (χ0v) is 8.41. The molecule has 0 atom stereocenters. The minimum atomic E-state index is 0.493. The van der Waals surface area contributed by atoms with Crippen LogP contribution in [0, 0.1) is 0 Å². The average Bonchev–Trinajstić information content (AvgIpc) is 2.72. The number of nitrogens with two attached hydrogens (primary N) is 1. The maximum atomic E-state index is 5.65. The van der Waals surface area contributed by atoms with Gasteiger partial charge in [0.15, 0.2) is 5.65 Å². The van der Waals surface area contributed by atoms with Crippen LogP contribution in [-0.4, -0.2) is 19.6 Å². The van der Waals surface area contributed by atoms with Crippen molar-refractivity contribution < 1.29 is 0 Å². The Morgan fingerprint density at radius 2 is 2.12 bits per heavy atom. The van der Waals surface area contributed by atoms with E-state index in [-0.39, 0.29) is 0 Å². The summed E-state index contributed by atoms with van der Waals surface area (Å²) in [6.07, 6.45) is 7.05. The minimum absolute atomic E-state index is 0.493. The van der Waals surface area contributed by atoms with E-state index in [2.05, 4.69) is 15.1 Å². The van der Waals surface area contributed by atoms with E-state index < -0.39 is 0 Å². The summed E-state index contributed by atoms with van der Waals surface area (Å²) in [5, 5.41) is 4.22. The molecule has 78 valence electrons. The van der Waals surface area contributed by atoms with E-state index in [1.165, 1.54) is 0 Å². The molecule has 0 aromatic carbocycles. The van der Waals surface area contributed by atoms with Gasteiger partial charge in [0.25, 0.3) is 0 Å². The van der Waals surface area contributed by atoms with Crippen molar-refractivity contribution in [2.24, 2.45) is 0 Å². The summed E-state index contributed by atoms with van der Waals surface area (Å²) >= 11 is 0. The topological polar surface area (TPSA) is 69.1 Å². The molecule has 0 spiro atoms. The van der Waals surface area contributed by atoms with Gasteiger partial charge < -0.3 is 5.73 Å². The highest BCUT2D eigenvalue weighted by atomic mass is 15.2. The molecule has 5 nitrogen and oxygen atoms in total. The molecule has 0 saturated heterocycles. The minimum Gasteiger partial charge on any atom is -0.384 e. The molecule has 0 bridgehead atoms. The summed E-state index contributed by atoms with van der Waals surface area (Å²) in [4.78, 5) is 8.25. The molecular weight excluding hydrogens is 202 g/mol. The number of pyridine rings is 1. The molecule has 0 aliphatic heterocycles. The summed E-state index contributed by atoms with van der Waals surface area (Å²) < 4.78 is 1.73. The van der Waals surface area contributed by atoms with Crippen LogP contribution in [0.2, 0.25) is 0 Å². The van der Waals surface area contributed by atoms with Crippen LogP contribution in [0.15, 0.2) is 43.0 Å². The van der Waals surface area contributed by atoms with E-state index in [4.69, 9.17) is 5.73 Å². The van der Waals surface area contributed by atoms with Gasteiger partial charge in [-0.15, -0.1) is 0 Å². The predicted molar refractivity (Wildman–Crippen MR) is 60.6 cm³/mol. The molecular formula is C11H9N5. The molecule has 0 aliphatic rings. The molecule has 0 aliphatic carbocycles. The lowest BCUT2D eigenvalue weighted by Crippen LogP contribution is -1.90. The number of hydrogen-bond acceptors (Lipinski definition) is 4. The second kappa shape index (κ2) is 3.30. The lowest BCUT2D eigenvalue weighted by atomic mass is 10.1. The molecule has 2 N–H and O–H groups in total. The Morgan fingerprint density at radius 3 is 3.00 bits per heavy atom. The third-order valence-electron chi connectivity index (χ3n) is 2.37. The highest BCUT2D eigenvalue weighted by Crippen LogP contribution is 2.23. The Kier molecular flexibility index (Phi) is 1.83. The van der Waals surface area contributed by atoms with E-state index in [9.17, 15) is 0 Å². The molecule has 0 radical (unpaired) electrons. The number of nitrogen functional groups attached to an aromatic ring is 1. The van der Waals surface area contributed by atoms with E-state index in [1.54, 1.807) is 23.1 Å². The molecule has 16 heavy (non-hydrogen) atoms. The van der Waals surface area contributed by atoms with Crippen LogP contribution in [0.4, 0.5) is 5.82 Å². The maximum absolute atomic E-state index is 5.65. The van der Waals surface area contributed by atoms with Crippen LogP contribution in [0.1, 0.15) is 0 Å². The fourth-order valence-corrected chi connectivity index (χ4v) is 1.65. The first-order chi connectivity index (χ1) is 7.84. The fraction of sp³-hybridized carbons (Fsp3) is 0. The van der Waals surface area contributed by atoms with Crippen molar-refractivity contribution in [3.05, 3.63) is 43.0 Å². The number of fused-ring (bicyclic) bond motifs is 1. The Labute approximate surface area is 91.6 Å². The van der Waals surface area contributed by atoms with Gasteiger partial charge in [0.05, 0.1) is 6.20 Å². The third kappa shape index (κ3) is 1.30. The summed E-state index contributed by atoms with van der Waals surface area (Å²) in [6.45, 7) is 0. The molecule has 0 unspecified atom stereocenters. The fourth-order valence-electron chi connectivity index (χ4n) is 1.65. The van der Waals surface area contributed by atoms with Crippen LogP contribution in [0.5, 0.6) is 0 Å². The number of nitrogens with zero attached hydrogens (tertiary/aromatic N) is 4. The smallest absolute Gasteiger partial charge is 0.162 e. The maximum Gasteiger partial charge on any atom is 0.162 e. The van der Waals surface area contributed by atoms with Gasteiger partial charge in [0.2, 0.25) is 0 Å². The van der Waals surface area contributed by atoms with Crippen molar-refractivity contribution in [3.63, 3.8) is 0 Å². The Hall–Kier alpha value is -2.43. The first-order valence-corrected chi connectivity index (χ1v) is 4.85. The van der Waals surface area contributed by atoms with Crippen molar-refractivity contribution in [1.29, 1.82) is 0 Å². The lowest BCUT2D eigenvalue weighted by Gasteiger charge is -1.99. The second-order valence-electron chi connectivity index (χ2n) is 3.42. The highest BCUT2D eigenvalue weighted by Gasteiger charge is 2.07. The lowest BCUT2D eigenvalue weighted by molar-refractivity contribution is 0.939. The van der Waals surface area contributed by atoms with Crippen LogP contribution < -0.4 is 5.73 Å². The molecule has 3 rings (SSSR count). The zero-order valence-electron chi connectivity index (χ0n) is 8.41. The molecule has 0 amide bonds. The van der Waals surface area contributed by atoms with Gasteiger partial charge in [-0.05, 0) is 23.8 Å². The van der Waals surface area contributed by atoms with Gasteiger partial charge in [-0.3, -0.25) is 0 Å². The number of aromatic nitrogens is 4. The van der Waals surface area contributed by atoms with Crippen LogP contribution >= 0.6 is 0 Å². The van der Waals surface area contributed by atoms with Gasteiger partial charge in [-0.1, -0.05) is 0 Å². The van der Waals surface area contributed by atoms with Gasteiger partial charge in [0, 0.05) is 24.2 Å². The number of rotatable bonds is 1. The first kappa shape index (κ1) is 8.84. The van der Waals surface area contributed by atoms with E-state index >= 15 is 0 Å². The summed E-state index contributed by atoms with van der Waals surface area (Å²) in [5.74, 6) is 0.493. The molecule has 5 heteroatoms. The van der Waals surface area contributed by atoms with Gasteiger partial charge >= 0.3 is 0 Å². The van der Waals surface area contributed by atoms with Crippen molar-refractivity contribution in [2.45, 2.75) is 0 Å². The van der Waals surface area contributed by atoms with Gasteiger partial charge in [-0.2, -0.15) is 5.10 Å². The quantitative estimate of drug-likeness (QED) is 0.660. The summed E-state index contributed by atoms with van der Waals surface area (Å²) in [6, 6.07) is 5.54. The van der Waals surface area contributed by atoms with Crippen molar-refractivity contribution >= 4 is 11.5 Å².